The summed E-state index contributed by atoms with van der Waals surface area (Å²) >= 11 is 3.46. The molecule has 104 valence electrons. The summed E-state index contributed by atoms with van der Waals surface area (Å²) in [6, 6.07) is 6.06. The van der Waals surface area contributed by atoms with Crippen LogP contribution in [0.15, 0.2) is 22.7 Å². The predicted octanol–water partition coefficient (Wildman–Crippen LogP) is 3.44. The number of methoxy groups -OCH3 is 1. The smallest absolute Gasteiger partial charge is 0.201 e. The van der Waals surface area contributed by atoms with Gasteiger partial charge < -0.3 is 15.0 Å². The molecule has 2 N–H and O–H groups in total. The first-order chi connectivity index (χ1) is 8.93. The SMILES string of the molecule is COCCC(C)(C)Cn1c(N)nc2cc(Br)ccc21. The van der Waals surface area contributed by atoms with E-state index in [1.807, 2.05) is 12.1 Å². The van der Waals surface area contributed by atoms with Gasteiger partial charge in [-0.15, -0.1) is 0 Å². The number of halogens is 1. The van der Waals surface area contributed by atoms with E-state index >= 15 is 0 Å². The first-order valence-corrected chi connectivity index (χ1v) is 7.12. The van der Waals surface area contributed by atoms with Crippen LogP contribution < -0.4 is 5.73 Å². The average molecular weight is 326 g/mol. The van der Waals surface area contributed by atoms with Crippen molar-refractivity contribution in [3.8, 4) is 0 Å². The van der Waals surface area contributed by atoms with E-state index in [2.05, 4.69) is 45.4 Å². The minimum absolute atomic E-state index is 0.116. The summed E-state index contributed by atoms with van der Waals surface area (Å²) in [7, 11) is 1.73. The Morgan fingerprint density at radius 3 is 2.84 bits per heavy atom. The van der Waals surface area contributed by atoms with Crippen LogP contribution in [-0.4, -0.2) is 23.3 Å². The number of benzene rings is 1. The third-order valence-electron chi connectivity index (χ3n) is 3.31. The Labute approximate surface area is 122 Å². The van der Waals surface area contributed by atoms with E-state index < -0.39 is 0 Å². The Kier molecular flexibility index (Phi) is 4.16. The van der Waals surface area contributed by atoms with Gasteiger partial charge in [-0.25, -0.2) is 4.98 Å². The summed E-state index contributed by atoms with van der Waals surface area (Å²) in [6.45, 7) is 6.03. The molecule has 0 spiro atoms. The number of fused-ring (bicyclic) bond motifs is 1. The Morgan fingerprint density at radius 1 is 1.42 bits per heavy atom. The molecule has 1 heterocycles. The van der Waals surface area contributed by atoms with Crippen molar-refractivity contribution in [2.24, 2.45) is 5.41 Å². The fraction of sp³-hybridized carbons (Fsp3) is 0.500. The van der Waals surface area contributed by atoms with Crippen molar-refractivity contribution in [1.82, 2.24) is 9.55 Å². The molecule has 0 radical (unpaired) electrons. The van der Waals surface area contributed by atoms with Crippen molar-refractivity contribution in [2.75, 3.05) is 19.5 Å². The van der Waals surface area contributed by atoms with Gasteiger partial charge in [0.1, 0.15) is 0 Å². The van der Waals surface area contributed by atoms with Gasteiger partial charge in [0.2, 0.25) is 5.95 Å². The summed E-state index contributed by atoms with van der Waals surface area (Å²) in [4.78, 5) is 4.42. The number of nitrogens with two attached hydrogens (primary N) is 1. The number of imidazole rings is 1. The lowest BCUT2D eigenvalue weighted by Crippen LogP contribution is -2.22. The quantitative estimate of drug-likeness (QED) is 0.916. The number of nitrogen functional groups attached to an aromatic ring is 1. The van der Waals surface area contributed by atoms with Crippen LogP contribution in [0.4, 0.5) is 5.95 Å². The second-order valence-corrected chi connectivity index (χ2v) is 6.51. The highest BCUT2D eigenvalue weighted by molar-refractivity contribution is 9.10. The number of hydrogen-bond acceptors (Lipinski definition) is 3. The molecule has 0 fully saturated rings. The minimum atomic E-state index is 0.116. The maximum absolute atomic E-state index is 6.04. The number of anilines is 1. The molecule has 0 aliphatic heterocycles. The van der Waals surface area contributed by atoms with Gasteiger partial charge in [-0.3, -0.25) is 0 Å². The van der Waals surface area contributed by atoms with Crippen LogP contribution in [-0.2, 0) is 11.3 Å². The zero-order valence-corrected chi connectivity index (χ0v) is 13.2. The Bertz CT molecular complexity index is 577. The molecule has 4 nitrogen and oxygen atoms in total. The van der Waals surface area contributed by atoms with Gasteiger partial charge in [0.05, 0.1) is 11.0 Å². The lowest BCUT2D eigenvalue weighted by Gasteiger charge is -2.25. The molecule has 2 rings (SSSR count). The lowest BCUT2D eigenvalue weighted by atomic mass is 9.89. The number of ether oxygens (including phenoxy) is 1. The first-order valence-electron chi connectivity index (χ1n) is 6.33. The third kappa shape index (κ3) is 3.28. The molecule has 0 atom stereocenters. The highest BCUT2D eigenvalue weighted by Gasteiger charge is 2.21. The Hall–Kier alpha value is -1.07. The van der Waals surface area contributed by atoms with Crippen molar-refractivity contribution in [2.45, 2.75) is 26.8 Å². The third-order valence-corrected chi connectivity index (χ3v) is 3.80. The van der Waals surface area contributed by atoms with E-state index in [9.17, 15) is 0 Å². The molecule has 0 saturated heterocycles. The number of rotatable bonds is 5. The Balaban J connectivity index is 2.32. The van der Waals surface area contributed by atoms with Gasteiger partial charge in [-0.2, -0.15) is 0 Å². The van der Waals surface area contributed by atoms with Gasteiger partial charge in [0.25, 0.3) is 0 Å². The molecule has 1 aromatic carbocycles. The highest BCUT2D eigenvalue weighted by Crippen LogP contribution is 2.28. The number of nitrogens with zero attached hydrogens (tertiary/aromatic N) is 2. The molecule has 2 aromatic rings. The minimum Gasteiger partial charge on any atom is -0.385 e. The van der Waals surface area contributed by atoms with E-state index in [1.165, 1.54) is 0 Å². The first kappa shape index (κ1) is 14.3. The van der Waals surface area contributed by atoms with Crippen LogP contribution in [0.2, 0.25) is 0 Å². The molecule has 1 aromatic heterocycles. The molecule has 5 heteroatoms. The summed E-state index contributed by atoms with van der Waals surface area (Å²) in [5.41, 5.74) is 8.16. The van der Waals surface area contributed by atoms with Crippen LogP contribution in [0.1, 0.15) is 20.3 Å². The van der Waals surface area contributed by atoms with Crippen molar-refractivity contribution >= 4 is 32.9 Å². The summed E-state index contributed by atoms with van der Waals surface area (Å²) in [5.74, 6) is 0.568. The average Bonchev–Trinajstić information content (AvgIpc) is 2.62. The van der Waals surface area contributed by atoms with E-state index in [0.29, 0.717) is 5.95 Å². The van der Waals surface area contributed by atoms with Gasteiger partial charge >= 0.3 is 0 Å². The molecule has 0 aliphatic carbocycles. The number of aromatic nitrogens is 2. The maximum atomic E-state index is 6.04. The fourth-order valence-electron chi connectivity index (χ4n) is 2.17. The topological polar surface area (TPSA) is 53.1 Å². The summed E-state index contributed by atoms with van der Waals surface area (Å²) in [5, 5.41) is 0. The zero-order chi connectivity index (χ0) is 14.0. The maximum Gasteiger partial charge on any atom is 0.201 e. The van der Waals surface area contributed by atoms with E-state index in [0.717, 1.165) is 35.1 Å². The molecule has 0 amide bonds. The van der Waals surface area contributed by atoms with Crippen molar-refractivity contribution < 1.29 is 4.74 Å². The molecule has 0 bridgehead atoms. The van der Waals surface area contributed by atoms with E-state index in [1.54, 1.807) is 7.11 Å². The van der Waals surface area contributed by atoms with Crippen LogP contribution in [0, 0.1) is 5.41 Å². The van der Waals surface area contributed by atoms with Crippen molar-refractivity contribution in [1.29, 1.82) is 0 Å². The monoisotopic (exact) mass is 325 g/mol. The molecule has 0 unspecified atom stereocenters. The van der Waals surface area contributed by atoms with Crippen LogP contribution >= 0.6 is 15.9 Å². The molecule has 19 heavy (non-hydrogen) atoms. The fourth-order valence-corrected chi connectivity index (χ4v) is 2.52. The van der Waals surface area contributed by atoms with Crippen LogP contribution in [0.3, 0.4) is 0 Å². The molecule has 0 aliphatic rings. The zero-order valence-electron chi connectivity index (χ0n) is 11.6. The lowest BCUT2D eigenvalue weighted by molar-refractivity contribution is 0.143. The highest BCUT2D eigenvalue weighted by atomic mass is 79.9. The normalized spacial score (nSPS) is 12.2. The van der Waals surface area contributed by atoms with Gasteiger partial charge in [-0.1, -0.05) is 29.8 Å². The van der Waals surface area contributed by atoms with Gasteiger partial charge in [-0.05, 0) is 30.0 Å². The summed E-state index contributed by atoms with van der Waals surface area (Å²) in [6.07, 6.45) is 0.985. The van der Waals surface area contributed by atoms with Crippen LogP contribution in [0.5, 0.6) is 0 Å². The van der Waals surface area contributed by atoms with Crippen molar-refractivity contribution in [3.05, 3.63) is 22.7 Å². The predicted molar refractivity (Wildman–Crippen MR) is 82.1 cm³/mol. The number of hydrogen-bond donors (Lipinski definition) is 1. The molecule has 0 saturated carbocycles. The van der Waals surface area contributed by atoms with Gasteiger partial charge in [0.15, 0.2) is 0 Å². The standard InChI is InChI=1S/C14H20BrN3O/c1-14(2,6-7-19-3)9-18-12-5-4-10(15)8-11(12)17-13(18)16/h4-5,8H,6-7,9H2,1-3H3,(H2,16,17). The summed E-state index contributed by atoms with van der Waals surface area (Å²) < 4.78 is 8.27. The van der Waals surface area contributed by atoms with E-state index in [-0.39, 0.29) is 5.41 Å². The van der Waals surface area contributed by atoms with Crippen LogP contribution in [0.25, 0.3) is 11.0 Å². The second-order valence-electron chi connectivity index (χ2n) is 5.60. The molecular weight excluding hydrogens is 306 g/mol. The Morgan fingerprint density at radius 2 is 2.16 bits per heavy atom. The van der Waals surface area contributed by atoms with E-state index in [4.69, 9.17) is 10.5 Å². The van der Waals surface area contributed by atoms with Gasteiger partial charge in [0, 0.05) is 24.7 Å². The van der Waals surface area contributed by atoms with Crippen molar-refractivity contribution in [3.63, 3.8) is 0 Å². The molecular formula is C14H20BrN3O. The largest absolute Gasteiger partial charge is 0.385 e. The second kappa shape index (κ2) is 5.51.